The minimum atomic E-state index is -0.823. The van der Waals surface area contributed by atoms with Crippen molar-refractivity contribution >= 4 is 27.9 Å². The van der Waals surface area contributed by atoms with Gasteiger partial charge in [-0.25, -0.2) is 0 Å². The predicted molar refractivity (Wildman–Crippen MR) is 71.7 cm³/mol. The van der Waals surface area contributed by atoms with Gasteiger partial charge in [0.1, 0.15) is 0 Å². The first kappa shape index (κ1) is 12.6. The summed E-state index contributed by atoms with van der Waals surface area (Å²) in [6, 6.07) is 9.64. The van der Waals surface area contributed by atoms with Gasteiger partial charge in [0.05, 0.1) is 15.4 Å². The quantitative estimate of drug-likeness (QED) is 0.503. The summed E-state index contributed by atoms with van der Waals surface area (Å²) in [4.78, 5) is 22.7. The van der Waals surface area contributed by atoms with E-state index in [4.69, 9.17) is 0 Å². The highest BCUT2D eigenvalue weighted by Crippen LogP contribution is 2.36. The zero-order valence-corrected chi connectivity index (χ0v) is 10.8. The molecule has 0 saturated carbocycles. The number of thiophene rings is 1. The molecule has 1 aliphatic rings. The molecule has 2 heterocycles. The summed E-state index contributed by atoms with van der Waals surface area (Å²) in [5, 5.41) is 24.1. The Bertz CT molecular complexity index is 700. The molecule has 0 spiro atoms. The van der Waals surface area contributed by atoms with Gasteiger partial charge in [-0.3, -0.25) is 20.1 Å². The molecule has 0 radical (unpaired) electrons. The van der Waals surface area contributed by atoms with E-state index in [0.717, 1.165) is 11.3 Å². The smallest absolute Gasteiger partial charge is 0.324 e. The van der Waals surface area contributed by atoms with Crippen molar-refractivity contribution in [1.29, 1.82) is 0 Å². The Morgan fingerprint density at radius 1 is 1.30 bits per heavy atom. The molecule has 8 heteroatoms. The molecule has 0 fully saturated rings. The van der Waals surface area contributed by atoms with Crippen LogP contribution in [0.5, 0.6) is 0 Å². The maximum Gasteiger partial charge on any atom is 0.324 e. The average Bonchev–Trinajstić information content (AvgIpc) is 2.92. The molecular formula is C12H9N3O4S. The minimum Gasteiger partial charge on any atom is -0.358 e. The molecular weight excluding hydrogens is 282 g/mol. The summed E-state index contributed by atoms with van der Waals surface area (Å²) < 4.78 is 0. The fraction of sp³-hybridized carbons (Fsp3) is 0.0833. The highest BCUT2D eigenvalue weighted by atomic mass is 32.1. The van der Waals surface area contributed by atoms with Gasteiger partial charge in [-0.2, -0.15) is 5.06 Å². The van der Waals surface area contributed by atoms with Crippen LogP contribution in [0.15, 0.2) is 36.4 Å². The summed E-state index contributed by atoms with van der Waals surface area (Å²) in [5.41, 5.74) is 0.946. The monoisotopic (exact) mass is 291 g/mol. The van der Waals surface area contributed by atoms with E-state index in [9.17, 15) is 20.1 Å². The second kappa shape index (κ2) is 4.58. The lowest BCUT2D eigenvalue weighted by Gasteiger charge is -2.32. The number of amides is 1. The molecule has 2 N–H and O–H groups in total. The number of fused-ring (bicyclic) bond motifs is 1. The Kier molecular flexibility index (Phi) is 2.88. The third-order valence-corrected chi connectivity index (χ3v) is 4.05. The van der Waals surface area contributed by atoms with E-state index >= 15 is 0 Å². The van der Waals surface area contributed by atoms with Crippen LogP contribution in [0.4, 0.5) is 10.7 Å². The molecule has 1 aliphatic heterocycles. The van der Waals surface area contributed by atoms with E-state index in [1.807, 2.05) is 0 Å². The van der Waals surface area contributed by atoms with Crippen molar-refractivity contribution in [3.63, 3.8) is 0 Å². The number of rotatable bonds is 2. The number of benzene rings is 1. The van der Waals surface area contributed by atoms with Crippen LogP contribution in [0.1, 0.15) is 21.4 Å². The summed E-state index contributed by atoms with van der Waals surface area (Å²) in [5.74, 6) is -0.541. The lowest BCUT2D eigenvalue weighted by Crippen LogP contribution is -2.40. The van der Waals surface area contributed by atoms with Crippen LogP contribution in [0.25, 0.3) is 0 Å². The Morgan fingerprint density at radius 3 is 2.75 bits per heavy atom. The summed E-state index contributed by atoms with van der Waals surface area (Å²) >= 11 is 0.912. The van der Waals surface area contributed by atoms with Crippen LogP contribution < -0.4 is 5.32 Å². The lowest BCUT2D eigenvalue weighted by atomic mass is 10.1. The second-order valence-corrected chi connectivity index (χ2v) is 5.27. The van der Waals surface area contributed by atoms with Gasteiger partial charge in [0.15, 0.2) is 6.17 Å². The van der Waals surface area contributed by atoms with Crippen LogP contribution >= 0.6 is 11.3 Å². The molecule has 1 aromatic heterocycles. The SMILES string of the molecule is O=C1c2ccccc2NC(c2ccc([N+](=O)[O-])s2)N1O. The Morgan fingerprint density at radius 2 is 2.05 bits per heavy atom. The normalized spacial score (nSPS) is 17.6. The number of hydrogen-bond acceptors (Lipinski definition) is 6. The van der Waals surface area contributed by atoms with Crippen molar-refractivity contribution in [2.75, 3.05) is 5.32 Å². The predicted octanol–water partition coefficient (Wildman–Crippen LogP) is 2.61. The third-order valence-electron chi connectivity index (χ3n) is 2.96. The first-order valence-corrected chi connectivity index (χ1v) is 6.51. The topological polar surface area (TPSA) is 95.7 Å². The molecule has 1 unspecified atom stereocenters. The maximum atomic E-state index is 12.0. The molecule has 0 saturated heterocycles. The highest BCUT2D eigenvalue weighted by Gasteiger charge is 2.33. The van der Waals surface area contributed by atoms with Crippen LogP contribution in [-0.2, 0) is 0 Å². The number of anilines is 1. The zero-order chi connectivity index (χ0) is 14.3. The van der Waals surface area contributed by atoms with Crippen molar-refractivity contribution in [3.8, 4) is 0 Å². The van der Waals surface area contributed by atoms with Gasteiger partial charge < -0.3 is 5.32 Å². The van der Waals surface area contributed by atoms with Crippen molar-refractivity contribution in [1.82, 2.24) is 5.06 Å². The molecule has 0 bridgehead atoms. The largest absolute Gasteiger partial charge is 0.358 e. The van der Waals surface area contributed by atoms with E-state index < -0.39 is 17.0 Å². The van der Waals surface area contributed by atoms with Crippen LogP contribution in [-0.4, -0.2) is 21.1 Å². The van der Waals surface area contributed by atoms with E-state index in [1.54, 1.807) is 24.3 Å². The zero-order valence-electron chi connectivity index (χ0n) is 10.0. The summed E-state index contributed by atoms with van der Waals surface area (Å²) in [7, 11) is 0. The number of carbonyl (C=O) groups excluding carboxylic acids is 1. The minimum absolute atomic E-state index is 0.0403. The van der Waals surface area contributed by atoms with Gasteiger partial charge >= 0.3 is 5.00 Å². The average molecular weight is 291 g/mol. The number of hydrogen-bond donors (Lipinski definition) is 2. The Labute approximate surface area is 117 Å². The number of hydroxylamine groups is 2. The molecule has 20 heavy (non-hydrogen) atoms. The number of nitro groups is 1. The fourth-order valence-corrected chi connectivity index (χ4v) is 2.88. The standard InChI is InChI=1S/C12H9N3O4S/c16-12-7-3-1-2-4-8(7)13-11(14(12)17)9-5-6-10(20-9)15(18)19/h1-6,11,13,17H. The van der Waals surface area contributed by atoms with Gasteiger partial charge in [-0.1, -0.05) is 23.5 Å². The molecule has 1 amide bonds. The van der Waals surface area contributed by atoms with Crippen molar-refractivity contribution in [3.05, 3.63) is 57.0 Å². The third kappa shape index (κ3) is 1.91. The van der Waals surface area contributed by atoms with Crippen LogP contribution in [0, 0.1) is 10.1 Å². The number of para-hydroxylation sites is 1. The van der Waals surface area contributed by atoms with Crippen LogP contribution in [0.2, 0.25) is 0 Å². The number of nitrogens with one attached hydrogen (secondary N) is 1. The molecule has 102 valence electrons. The maximum absolute atomic E-state index is 12.0. The van der Waals surface area contributed by atoms with E-state index in [2.05, 4.69) is 5.32 Å². The first-order chi connectivity index (χ1) is 9.58. The van der Waals surface area contributed by atoms with Gasteiger partial charge in [0.2, 0.25) is 0 Å². The van der Waals surface area contributed by atoms with Crippen molar-refractivity contribution in [2.24, 2.45) is 0 Å². The van der Waals surface area contributed by atoms with Crippen molar-refractivity contribution in [2.45, 2.75) is 6.17 Å². The number of carbonyl (C=O) groups is 1. The van der Waals surface area contributed by atoms with Crippen molar-refractivity contribution < 1.29 is 14.9 Å². The highest BCUT2D eigenvalue weighted by molar-refractivity contribution is 7.15. The molecule has 0 aliphatic carbocycles. The first-order valence-electron chi connectivity index (χ1n) is 5.70. The van der Waals surface area contributed by atoms with Gasteiger partial charge in [-0.05, 0) is 18.2 Å². The van der Waals surface area contributed by atoms with E-state index in [1.165, 1.54) is 12.1 Å². The fourth-order valence-electron chi connectivity index (χ4n) is 2.02. The number of nitrogens with zero attached hydrogens (tertiary/aromatic N) is 2. The van der Waals surface area contributed by atoms with E-state index in [-0.39, 0.29) is 5.00 Å². The Hall–Kier alpha value is -2.45. The van der Waals surface area contributed by atoms with Gasteiger partial charge in [-0.15, -0.1) is 0 Å². The molecule has 1 aromatic carbocycles. The molecule has 7 nitrogen and oxygen atoms in total. The summed E-state index contributed by atoms with van der Waals surface area (Å²) in [6.07, 6.45) is -0.823. The molecule has 1 atom stereocenters. The lowest BCUT2D eigenvalue weighted by molar-refractivity contribution is -0.380. The molecule has 2 aromatic rings. The van der Waals surface area contributed by atoms with Gasteiger partial charge in [0, 0.05) is 11.8 Å². The second-order valence-electron chi connectivity index (χ2n) is 4.18. The summed E-state index contributed by atoms with van der Waals surface area (Å²) in [6.45, 7) is 0. The molecule has 3 rings (SSSR count). The van der Waals surface area contributed by atoms with Gasteiger partial charge in [0.25, 0.3) is 5.91 Å². The van der Waals surface area contributed by atoms with Crippen LogP contribution in [0.3, 0.4) is 0 Å². The van der Waals surface area contributed by atoms with E-state index in [0.29, 0.717) is 21.2 Å². The Balaban J connectivity index is 1.99.